The third-order valence-corrected chi connectivity index (χ3v) is 4.53. The highest BCUT2D eigenvalue weighted by molar-refractivity contribution is 5.94. The number of hydrogen-bond acceptors (Lipinski definition) is 5. The van der Waals surface area contributed by atoms with Crippen LogP contribution in [0.15, 0.2) is 34.9 Å². The van der Waals surface area contributed by atoms with Gasteiger partial charge in [-0.05, 0) is 26.0 Å². The molecular formula is C19H24N4O3. The molecular weight excluding hydrogens is 332 g/mol. The molecule has 7 nitrogen and oxygen atoms in total. The lowest BCUT2D eigenvalue weighted by atomic mass is 10.1. The van der Waals surface area contributed by atoms with Crippen LogP contribution in [-0.2, 0) is 0 Å². The Hall–Kier alpha value is -2.67. The highest BCUT2D eigenvalue weighted by Gasteiger charge is 2.24. The van der Waals surface area contributed by atoms with Gasteiger partial charge < -0.3 is 14.7 Å². The fraction of sp³-hybridized carbons (Fsp3) is 0.421. The lowest BCUT2D eigenvalue weighted by Gasteiger charge is -2.34. The zero-order valence-corrected chi connectivity index (χ0v) is 15.2. The van der Waals surface area contributed by atoms with Gasteiger partial charge in [-0.3, -0.25) is 14.5 Å². The van der Waals surface area contributed by atoms with E-state index < -0.39 is 0 Å². The summed E-state index contributed by atoms with van der Waals surface area (Å²) < 4.78 is 4.97. The SMILES string of the molecule is Cc1ccc(C(=O)NCCN2CCN(C(=O)c3cc(C)on3)CC2)cc1. The summed E-state index contributed by atoms with van der Waals surface area (Å²) in [5.41, 5.74) is 2.17. The molecule has 0 aliphatic carbocycles. The number of rotatable bonds is 5. The van der Waals surface area contributed by atoms with E-state index in [1.54, 1.807) is 17.9 Å². The molecule has 1 aliphatic rings. The Morgan fingerprint density at radius 1 is 1.12 bits per heavy atom. The summed E-state index contributed by atoms with van der Waals surface area (Å²) in [6.45, 7) is 7.98. The lowest BCUT2D eigenvalue weighted by Crippen LogP contribution is -2.50. The van der Waals surface area contributed by atoms with Crippen LogP contribution in [0.1, 0.15) is 32.2 Å². The average molecular weight is 356 g/mol. The molecule has 1 aromatic heterocycles. The van der Waals surface area contributed by atoms with Crippen molar-refractivity contribution in [3.63, 3.8) is 0 Å². The van der Waals surface area contributed by atoms with Crippen LogP contribution >= 0.6 is 0 Å². The maximum atomic E-state index is 12.3. The molecule has 0 unspecified atom stereocenters. The van der Waals surface area contributed by atoms with E-state index in [1.165, 1.54) is 0 Å². The van der Waals surface area contributed by atoms with Crippen molar-refractivity contribution >= 4 is 11.8 Å². The van der Waals surface area contributed by atoms with Crippen molar-refractivity contribution < 1.29 is 14.1 Å². The van der Waals surface area contributed by atoms with E-state index in [0.717, 1.165) is 25.2 Å². The summed E-state index contributed by atoms with van der Waals surface area (Å²) in [4.78, 5) is 28.5. The minimum Gasteiger partial charge on any atom is -0.361 e. The van der Waals surface area contributed by atoms with Gasteiger partial charge >= 0.3 is 0 Å². The van der Waals surface area contributed by atoms with Gasteiger partial charge in [-0.2, -0.15) is 0 Å². The number of carbonyl (C=O) groups is 2. The molecule has 1 fully saturated rings. The van der Waals surface area contributed by atoms with Crippen molar-refractivity contribution in [1.82, 2.24) is 20.3 Å². The highest BCUT2D eigenvalue weighted by Crippen LogP contribution is 2.09. The molecule has 0 bridgehead atoms. The van der Waals surface area contributed by atoms with Crippen molar-refractivity contribution in [3.8, 4) is 0 Å². The van der Waals surface area contributed by atoms with Crippen molar-refractivity contribution in [2.75, 3.05) is 39.3 Å². The van der Waals surface area contributed by atoms with E-state index in [-0.39, 0.29) is 11.8 Å². The Kier molecular flexibility index (Phi) is 5.68. The molecule has 3 rings (SSSR count). The first kappa shape index (κ1) is 18.1. The number of aromatic nitrogens is 1. The van der Waals surface area contributed by atoms with Crippen molar-refractivity contribution in [2.24, 2.45) is 0 Å². The van der Waals surface area contributed by atoms with Gasteiger partial charge in [-0.15, -0.1) is 0 Å². The number of hydrogen-bond donors (Lipinski definition) is 1. The average Bonchev–Trinajstić information content (AvgIpc) is 3.08. The van der Waals surface area contributed by atoms with Gasteiger partial charge in [-0.1, -0.05) is 22.9 Å². The largest absolute Gasteiger partial charge is 0.361 e. The predicted octanol–water partition coefficient (Wildman–Crippen LogP) is 1.48. The minimum absolute atomic E-state index is 0.0554. The summed E-state index contributed by atoms with van der Waals surface area (Å²) >= 11 is 0. The monoisotopic (exact) mass is 356 g/mol. The van der Waals surface area contributed by atoms with E-state index in [9.17, 15) is 9.59 Å². The van der Waals surface area contributed by atoms with Gasteiger partial charge in [0.15, 0.2) is 5.69 Å². The van der Waals surface area contributed by atoms with E-state index in [2.05, 4.69) is 15.4 Å². The molecule has 1 aromatic carbocycles. The van der Waals surface area contributed by atoms with Gasteiger partial charge in [0.05, 0.1) is 0 Å². The van der Waals surface area contributed by atoms with Gasteiger partial charge in [0.25, 0.3) is 11.8 Å². The van der Waals surface area contributed by atoms with E-state index in [4.69, 9.17) is 4.52 Å². The summed E-state index contributed by atoms with van der Waals surface area (Å²) in [6, 6.07) is 9.19. The fourth-order valence-corrected chi connectivity index (χ4v) is 2.94. The van der Waals surface area contributed by atoms with E-state index in [1.807, 2.05) is 31.2 Å². The molecule has 138 valence electrons. The number of aryl methyl sites for hydroxylation is 2. The first-order valence-electron chi connectivity index (χ1n) is 8.83. The van der Waals surface area contributed by atoms with E-state index in [0.29, 0.717) is 36.7 Å². The van der Waals surface area contributed by atoms with Crippen LogP contribution in [0.4, 0.5) is 0 Å². The molecule has 1 aliphatic heterocycles. The number of nitrogens with zero attached hydrogens (tertiary/aromatic N) is 3. The number of piperazine rings is 1. The molecule has 1 N–H and O–H groups in total. The summed E-state index contributed by atoms with van der Waals surface area (Å²) in [5.74, 6) is 0.491. The Balaban J connectivity index is 1.39. The number of benzene rings is 1. The smallest absolute Gasteiger partial charge is 0.276 e. The van der Waals surface area contributed by atoms with Crippen LogP contribution in [0.2, 0.25) is 0 Å². The zero-order chi connectivity index (χ0) is 18.5. The van der Waals surface area contributed by atoms with Crippen LogP contribution in [0, 0.1) is 13.8 Å². The molecule has 2 heterocycles. The quantitative estimate of drug-likeness (QED) is 0.878. The van der Waals surface area contributed by atoms with Gasteiger partial charge in [0, 0.05) is 50.9 Å². The minimum atomic E-state index is -0.0887. The summed E-state index contributed by atoms with van der Waals surface area (Å²) in [7, 11) is 0. The molecule has 2 amide bonds. The fourth-order valence-electron chi connectivity index (χ4n) is 2.94. The Morgan fingerprint density at radius 2 is 1.81 bits per heavy atom. The molecule has 0 spiro atoms. The Morgan fingerprint density at radius 3 is 2.42 bits per heavy atom. The summed E-state index contributed by atoms with van der Waals surface area (Å²) in [6.07, 6.45) is 0. The number of amides is 2. The Labute approximate surface area is 152 Å². The second kappa shape index (κ2) is 8.14. The van der Waals surface area contributed by atoms with Gasteiger partial charge in [-0.25, -0.2) is 0 Å². The molecule has 7 heteroatoms. The molecule has 2 aromatic rings. The van der Waals surface area contributed by atoms with Gasteiger partial charge in [0.2, 0.25) is 0 Å². The third-order valence-electron chi connectivity index (χ3n) is 4.53. The first-order valence-corrected chi connectivity index (χ1v) is 8.83. The topological polar surface area (TPSA) is 78.7 Å². The Bertz CT molecular complexity index is 761. The predicted molar refractivity (Wildman–Crippen MR) is 97.1 cm³/mol. The zero-order valence-electron chi connectivity index (χ0n) is 15.2. The first-order chi connectivity index (χ1) is 12.5. The third kappa shape index (κ3) is 4.49. The van der Waals surface area contributed by atoms with Crippen molar-refractivity contribution in [1.29, 1.82) is 0 Å². The second-order valence-electron chi connectivity index (χ2n) is 6.58. The standard InChI is InChI=1S/C19H24N4O3/c1-14-3-5-16(6-4-14)18(24)20-7-8-22-9-11-23(12-10-22)19(25)17-13-15(2)26-21-17/h3-6,13H,7-12H2,1-2H3,(H,20,24). The van der Waals surface area contributed by atoms with Crippen LogP contribution in [0.3, 0.4) is 0 Å². The molecule has 0 radical (unpaired) electrons. The molecule has 1 saturated heterocycles. The van der Waals surface area contributed by atoms with E-state index >= 15 is 0 Å². The van der Waals surface area contributed by atoms with Crippen LogP contribution in [0.5, 0.6) is 0 Å². The highest BCUT2D eigenvalue weighted by atomic mass is 16.5. The number of carbonyl (C=O) groups excluding carboxylic acids is 2. The normalized spacial score (nSPS) is 15.1. The second-order valence-corrected chi connectivity index (χ2v) is 6.58. The van der Waals surface area contributed by atoms with Gasteiger partial charge in [0.1, 0.15) is 5.76 Å². The van der Waals surface area contributed by atoms with Crippen molar-refractivity contribution in [3.05, 3.63) is 52.9 Å². The molecule has 0 saturated carbocycles. The van der Waals surface area contributed by atoms with Crippen LogP contribution in [0.25, 0.3) is 0 Å². The van der Waals surface area contributed by atoms with Crippen molar-refractivity contribution in [2.45, 2.75) is 13.8 Å². The number of nitrogens with one attached hydrogen (secondary N) is 1. The van der Waals surface area contributed by atoms with Crippen LogP contribution in [-0.4, -0.2) is 66.0 Å². The maximum Gasteiger partial charge on any atom is 0.276 e. The molecule has 0 atom stereocenters. The molecule has 26 heavy (non-hydrogen) atoms. The summed E-state index contributed by atoms with van der Waals surface area (Å²) in [5, 5.41) is 6.73. The maximum absolute atomic E-state index is 12.3. The lowest BCUT2D eigenvalue weighted by molar-refractivity contribution is 0.0628. The van der Waals surface area contributed by atoms with Crippen LogP contribution < -0.4 is 5.32 Å².